The van der Waals surface area contributed by atoms with Gasteiger partial charge in [-0.3, -0.25) is 0 Å². The Morgan fingerprint density at radius 1 is 1.62 bits per heavy atom. The molecule has 44 valence electrons. The molecule has 0 saturated heterocycles. The highest BCUT2D eigenvalue weighted by Crippen LogP contribution is 2.40. The molecule has 8 heavy (non-hydrogen) atoms. The number of hydrogen-bond donors (Lipinski definition) is 0. The van der Waals surface area contributed by atoms with E-state index in [1.807, 2.05) is 0 Å². The molecule has 0 aromatic heterocycles. The summed E-state index contributed by atoms with van der Waals surface area (Å²) in [4.78, 5) is 0. The second-order valence-corrected chi connectivity index (χ2v) is 2.65. The summed E-state index contributed by atoms with van der Waals surface area (Å²) in [5.74, 6) is 0.517. The van der Waals surface area contributed by atoms with Gasteiger partial charge in [-0.05, 0) is 12.8 Å². The minimum atomic E-state index is -0.123. The van der Waals surface area contributed by atoms with Gasteiger partial charge in [0.05, 0.1) is 11.5 Å². The van der Waals surface area contributed by atoms with Crippen molar-refractivity contribution in [1.29, 1.82) is 5.26 Å². The second kappa shape index (κ2) is 1.95. The third-order valence-corrected chi connectivity index (χ3v) is 2.32. The zero-order valence-electron chi connectivity index (χ0n) is 4.65. The molecular weight excluding hydrogens is 122 g/mol. The normalized spacial score (nSPS) is 23.5. The standard InChI is InChI=1S/C6H8ClN/c7-4-6(5-8)2-1-3-6/h1-4H2. The molecule has 0 aromatic carbocycles. The molecule has 1 saturated carbocycles. The van der Waals surface area contributed by atoms with Gasteiger partial charge in [0.25, 0.3) is 0 Å². The highest BCUT2D eigenvalue weighted by Gasteiger charge is 2.35. The summed E-state index contributed by atoms with van der Waals surface area (Å²) in [5, 5.41) is 8.50. The van der Waals surface area contributed by atoms with Crippen LogP contribution >= 0.6 is 11.6 Å². The average Bonchev–Trinajstić information content (AvgIpc) is 1.67. The highest BCUT2D eigenvalue weighted by atomic mass is 35.5. The maximum absolute atomic E-state index is 8.50. The third-order valence-electron chi connectivity index (χ3n) is 1.80. The molecule has 1 nitrogen and oxygen atoms in total. The predicted molar refractivity (Wildman–Crippen MR) is 32.6 cm³/mol. The summed E-state index contributed by atoms with van der Waals surface area (Å²) in [7, 11) is 0. The van der Waals surface area contributed by atoms with E-state index in [4.69, 9.17) is 16.9 Å². The van der Waals surface area contributed by atoms with Crippen LogP contribution in [-0.2, 0) is 0 Å². The van der Waals surface area contributed by atoms with Gasteiger partial charge in [0.2, 0.25) is 0 Å². The Hall–Kier alpha value is -0.220. The Morgan fingerprint density at radius 2 is 2.25 bits per heavy atom. The Balaban J connectivity index is 2.49. The van der Waals surface area contributed by atoms with Crippen LogP contribution in [0.25, 0.3) is 0 Å². The SMILES string of the molecule is N#CC1(CCl)CCC1. The minimum Gasteiger partial charge on any atom is -0.198 e. The molecule has 0 amide bonds. The number of alkyl halides is 1. The van der Waals surface area contributed by atoms with E-state index in [1.165, 1.54) is 6.42 Å². The van der Waals surface area contributed by atoms with Crippen LogP contribution in [0.5, 0.6) is 0 Å². The van der Waals surface area contributed by atoms with E-state index in [1.54, 1.807) is 0 Å². The van der Waals surface area contributed by atoms with Crippen molar-refractivity contribution < 1.29 is 0 Å². The van der Waals surface area contributed by atoms with Crippen LogP contribution in [0.2, 0.25) is 0 Å². The first kappa shape index (κ1) is 5.91. The van der Waals surface area contributed by atoms with E-state index in [0.717, 1.165) is 12.8 Å². The molecule has 1 rings (SSSR count). The van der Waals surface area contributed by atoms with Crippen molar-refractivity contribution in [2.45, 2.75) is 19.3 Å². The van der Waals surface area contributed by atoms with Gasteiger partial charge < -0.3 is 0 Å². The first-order valence-corrected chi connectivity index (χ1v) is 3.34. The molecule has 0 bridgehead atoms. The monoisotopic (exact) mass is 129 g/mol. The molecule has 0 N–H and O–H groups in total. The first-order valence-electron chi connectivity index (χ1n) is 2.80. The number of hydrogen-bond acceptors (Lipinski definition) is 1. The Bertz CT molecular complexity index is 115. The molecule has 0 radical (unpaired) electrons. The zero-order chi connectivity index (χ0) is 6.04. The first-order chi connectivity index (χ1) is 3.83. The van der Waals surface area contributed by atoms with Crippen molar-refractivity contribution in [1.82, 2.24) is 0 Å². The fourth-order valence-electron chi connectivity index (χ4n) is 0.879. The van der Waals surface area contributed by atoms with E-state index in [-0.39, 0.29) is 5.41 Å². The van der Waals surface area contributed by atoms with Crippen molar-refractivity contribution in [2.24, 2.45) is 5.41 Å². The number of nitriles is 1. The molecule has 0 unspecified atom stereocenters. The lowest BCUT2D eigenvalue weighted by atomic mass is 9.72. The van der Waals surface area contributed by atoms with Crippen molar-refractivity contribution in [3.05, 3.63) is 0 Å². The largest absolute Gasteiger partial charge is 0.198 e. The summed E-state index contributed by atoms with van der Waals surface area (Å²) < 4.78 is 0. The van der Waals surface area contributed by atoms with Crippen molar-refractivity contribution >= 4 is 11.6 Å². The minimum absolute atomic E-state index is 0.123. The number of nitrogens with zero attached hydrogens (tertiary/aromatic N) is 1. The lowest BCUT2D eigenvalue weighted by Gasteiger charge is -2.32. The average molecular weight is 130 g/mol. The summed E-state index contributed by atoms with van der Waals surface area (Å²) in [6, 6.07) is 2.23. The Morgan fingerprint density at radius 3 is 2.25 bits per heavy atom. The Kier molecular flexibility index (Phi) is 1.44. The fraction of sp³-hybridized carbons (Fsp3) is 0.833. The van der Waals surface area contributed by atoms with Gasteiger partial charge in [0.15, 0.2) is 0 Å². The topological polar surface area (TPSA) is 23.8 Å². The molecule has 1 aliphatic carbocycles. The predicted octanol–water partition coefficient (Wildman–Crippen LogP) is 1.92. The van der Waals surface area contributed by atoms with E-state index >= 15 is 0 Å². The van der Waals surface area contributed by atoms with Crippen LogP contribution in [0.15, 0.2) is 0 Å². The van der Waals surface area contributed by atoms with E-state index < -0.39 is 0 Å². The van der Waals surface area contributed by atoms with Crippen LogP contribution in [0.3, 0.4) is 0 Å². The highest BCUT2D eigenvalue weighted by molar-refractivity contribution is 6.18. The molecule has 0 aliphatic heterocycles. The van der Waals surface area contributed by atoms with Crippen LogP contribution < -0.4 is 0 Å². The Labute approximate surface area is 54.3 Å². The maximum Gasteiger partial charge on any atom is 0.0709 e. The fourth-order valence-corrected chi connectivity index (χ4v) is 1.21. The van der Waals surface area contributed by atoms with Gasteiger partial charge in [-0.2, -0.15) is 5.26 Å². The quantitative estimate of drug-likeness (QED) is 0.497. The summed E-state index contributed by atoms with van der Waals surface area (Å²) in [6.45, 7) is 0. The van der Waals surface area contributed by atoms with Gasteiger partial charge >= 0.3 is 0 Å². The molecule has 0 spiro atoms. The summed E-state index contributed by atoms with van der Waals surface area (Å²) in [6.07, 6.45) is 3.19. The van der Waals surface area contributed by atoms with Gasteiger partial charge in [0.1, 0.15) is 0 Å². The molecule has 1 fully saturated rings. The van der Waals surface area contributed by atoms with Crippen molar-refractivity contribution in [3.8, 4) is 6.07 Å². The smallest absolute Gasteiger partial charge is 0.0709 e. The number of rotatable bonds is 1. The summed E-state index contributed by atoms with van der Waals surface area (Å²) in [5.41, 5.74) is -0.123. The van der Waals surface area contributed by atoms with Gasteiger partial charge in [-0.15, -0.1) is 11.6 Å². The summed E-state index contributed by atoms with van der Waals surface area (Å²) >= 11 is 5.54. The van der Waals surface area contributed by atoms with Crippen LogP contribution in [-0.4, -0.2) is 5.88 Å². The van der Waals surface area contributed by atoms with Gasteiger partial charge in [0, 0.05) is 5.88 Å². The van der Waals surface area contributed by atoms with E-state index in [9.17, 15) is 0 Å². The number of halogens is 1. The molecule has 0 aromatic rings. The van der Waals surface area contributed by atoms with Crippen molar-refractivity contribution in [3.63, 3.8) is 0 Å². The van der Waals surface area contributed by atoms with Crippen molar-refractivity contribution in [2.75, 3.05) is 5.88 Å². The van der Waals surface area contributed by atoms with Crippen LogP contribution in [0.4, 0.5) is 0 Å². The molecule has 2 heteroatoms. The van der Waals surface area contributed by atoms with E-state index in [0.29, 0.717) is 5.88 Å². The van der Waals surface area contributed by atoms with Crippen LogP contribution in [0, 0.1) is 16.7 Å². The molecule has 0 atom stereocenters. The third kappa shape index (κ3) is 0.695. The van der Waals surface area contributed by atoms with Gasteiger partial charge in [-0.1, -0.05) is 6.42 Å². The second-order valence-electron chi connectivity index (χ2n) is 2.38. The molecule has 0 heterocycles. The lowest BCUT2D eigenvalue weighted by molar-refractivity contribution is 0.249. The van der Waals surface area contributed by atoms with Gasteiger partial charge in [-0.25, -0.2) is 0 Å². The molecule has 1 aliphatic rings. The zero-order valence-corrected chi connectivity index (χ0v) is 5.41. The van der Waals surface area contributed by atoms with Crippen LogP contribution in [0.1, 0.15) is 19.3 Å². The molecular formula is C6H8ClN. The lowest BCUT2D eigenvalue weighted by Crippen LogP contribution is -2.28. The van der Waals surface area contributed by atoms with E-state index in [2.05, 4.69) is 6.07 Å². The maximum atomic E-state index is 8.50.